The van der Waals surface area contributed by atoms with Crippen molar-refractivity contribution in [1.82, 2.24) is 10.6 Å². The van der Waals surface area contributed by atoms with Gasteiger partial charge in [0.1, 0.15) is 17.2 Å². The van der Waals surface area contributed by atoms with Crippen LogP contribution in [0.2, 0.25) is 0 Å². The van der Waals surface area contributed by atoms with Crippen LogP contribution in [0.1, 0.15) is 56.9 Å². The lowest BCUT2D eigenvalue weighted by atomic mass is 9.93. The minimum Gasteiger partial charge on any atom is -0.459 e. The number of amides is 2. The second-order valence-corrected chi connectivity index (χ2v) is 7.58. The van der Waals surface area contributed by atoms with Crippen LogP contribution in [0.5, 0.6) is 0 Å². The summed E-state index contributed by atoms with van der Waals surface area (Å²) in [6.07, 6.45) is 2.74. The first-order valence-corrected chi connectivity index (χ1v) is 9.28. The van der Waals surface area contributed by atoms with E-state index in [1.165, 1.54) is 12.1 Å². The van der Waals surface area contributed by atoms with Crippen molar-refractivity contribution >= 4 is 17.0 Å². The highest BCUT2D eigenvalue weighted by molar-refractivity contribution is 5.82. The number of fused-ring (bicyclic) bond motifs is 1. The smallest absolute Gasteiger partial charge is 0.315 e. The van der Waals surface area contributed by atoms with Gasteiger partial charge in [-0.2, -0.15) is 0 Å². The lowest BCUT2D eigenvalue weighted by Gasteiger charge is -2.28. The van der Waals surface area contributed by atoms with Gasteiger partial charge in [0, 0.05) is 17.0 Å². The number of aryl methyl sites for hydroxylation is 1. The molecule has 1 saturated carbocycles. The molecule has 1 aliphatic rings. The SMILES string of the molecule is Cc1c(C(NC(=O)NC2CCC(O)CC2)C(C)C)oc2ccc(F)cc12. The Balaban J connectivity index is 1.75. The van der Waals surface area contributed by atoms with Crippen LogP contribution < -0.4 is 10.6 Å². The molecule has 2 amide bonds. The summed E-state index contributed by atoms with van der Waals surface area (Å²) >= 11 is 0. The van der Waals surface area contributed by atoms with E-state index >= 15 is 0 Å². The van der Waals surface area contributed by atoms with Crippen LogP contribution in [-0.2, 0) is 0 Å². The summed E-state index contributed by atoms with van der Waals surface area (Å²) in [6.45, 7) is 5.91. The molecule has 1 aliphatic carbocycles. The number of carbonyl (C=O) groups is 1. The molecule has 0 spiro atoms. The summed E-state index contributed by atoms with van der Waals surface area (Å²) in [5.41, 5.74) is 1.47. The molecule has 0 bridgehead atoms. The molecular formula is C20H27FN2O3. The zero-order chi connectivity index (χ0) is 18.8. The molecule has 1 atom stereocenters. The van der Waals surface area contributed by atoms with Crippen molar-refractivity contribution in [1.29, 1.82) is 0 Å². The predicted molar refractivity (Wildman–Crippen MR) is 98.4 cm³/mol. The van der Waals surface area contributed by atoms with Crippen molar-refractivity contribution < 1.29 is 18.7 Å². The van der Waals surface area contributed by atoms with E-state index < -0.39 is 0 Å². The topological polar surface area (TPSA) is 74.5 Å². The molecule has 1 aromatic carbocycles. The van der Waals surface area contributed by atoms with Gasteiger partial charge in [0.05, 0.1) is 12.1 Å². The maximum absolute atomic E-state index is 13.5. The van der Waals surface area contributed by atoms with Gasteiger partial charge in [-0.25, -0.2) is 9.18 Å². The van der Waals surface area contributed by atoms with Crippen molar-refractivity contribution in [3.8, 4) is 0 Å². The van der Waals surface area contributed by atoms with Gasteiger partial charge >= 0.3 is 6.03 Å². The lowest BCUT2D eigenvalue weighted by Crippen LogP contribution is -2.46. The summed E-state index contributed by atoms with van der Waals surface area (Å²) in [5, 5.41) is 16.3. The highest BCUT2D eigenvalue weighted by atomic mass is 19.1. The lowest BCUT2D eigenvalue weighted by molar-refractivity contribution is 0.117. The van der Waals surface area contributed by atoms with E-state index in [2.05, 4.69) is 10.6 Å². The molecule has 1 fully saturated rings. The Morgan fingerprint density at radius 3 is 2.62 bits per heavy atom. The summed E-state index contributed by atoms with van der Waals surface area (Å²) < 4.78 is 19.5. The molecule has 26 heavy (non-hydrogen) atoms. The number of aliphatic hydroxyl groups is 1. The first-order chi connectivity index (χ1) is 12.3. The Morgan fingerprint density at radius 1 is 1.27 bits per heavy atom. The number of urea groups is 1. The van der Waals surface area contributed by atoms with Crippen LogP contribution in [0.25, 0.3) is 11.0 Å². The second kappa shape index (κ2) is 7.66. The number of hydrogen-bond acceptors (Lipinski definition) is 3. The molecule has 3 N–H and O–H groups in total. The average molecular weight is 362 g/mol. The number of hydrogen-bond donors (Lipinski definition) is 3. The van der Waals surface area contributed by atoms with E-state index in [0.717, 1.165) is 23.8 Å². The van der Waals surface area contributed by atoms with Gasteiger partial charge in [-0.05, 0) is 56.7 Å². The van der Waals surface area contributed by atoms with Crippen LogP contribution in [0.15, 0.2) is 22.6 Å². The third-order valence-electron chi connectivity index (χ3n) is 5.20. The maximum atomic E-state index is 13.5. The quantitative estimate of drug-likeness (QED) is 0.764. The van der Waals surface area contributed by atoms with Crippen LogP contribution in [-0.4, -0.2) is 23.3 Å². The first-order valence-electron chi connectivity index (χ1n) is 9.28. The molecule has 2 aromatic rings. The van der Waals surface area contributed by atoms with Crippen LogP contribution in [0.4, 0.5) is 9.18 Å². The number of halogens is 1. The summed E-state index contributed by atoms with van der Waals surface area (Å²) in [7, 11) is 0. The minimum atomic E-state index is -0.306. The van der Waals surface area contributed by atoms with Gasteiger partial charge in [-0.3, -0.25) is 0 Å². The summed E-state index contributed by atoms with van der Waals surface area (Å²) in [5.74, 6) is 0.465. The molecule has 6 heteroatoms. The molecule has 0 aliphatic heterocycles. The third-order valence-corrected chi connectivity index (χ3v) is 5.20. The standard InChI is InChI=1S/C20H27FN2O3/c1-11(2)18(23-20(25)22-14-5-7-15(24)8-6-14)19-12(3)16-10-13(21)4-9-17(16)26-19/h4,9-11,14-15,18,24H,5-8H2,1-3H3,(H2,22,23,25). The number of furan rings is 1. The maximum Gasteiger partial charge on any atom is 0.315 e. The Hall–Kier alpha value is -2.08. The van der Waals surface area contributed by atoms with E-state index in [1.807, 2.05) is 20.8 Å². The van der Waals surface area contributed by atoms with Gasteiger partial charge in [0.2, 0.25) is 0 Å². The van der Waals surface area contributed by atoms with Crippen LogP contribution in [0, 0.1) is 18.7 Å². The normalized spacial score (nSPS) is 21.8. The van der Waals surface area contributed by atoms with Crippen molar-refractivity contribution in [2.45, 2.75) is 64.6 Å². The zero-order valence-corrected chi connectivity index (χ0v) is 15.5. The predicted octanol–water partition coefficient (Wildman–Crippen LogP) is 4.18. The van der Waals surface area contributed by atoms with Gasteiger partial charge in [0.25, 0.3) is 0 Å². The highest BCUT2D eigenvalue weighted by Gasteiger charge is 2.27. The van der Waals surface area contributed by atoms with Gasteiger partial charge in [-0.15, -0.1) is 0 Å². The Labute approximate surface area is 153 Å². The number of nitrogens with one attached hydrogen (secondary N) is 2. The Morgan fingerprint density at radius 2 is 1.96 bits per heavy atom. The van der Waals surface area contributed by atoms with E-state index in [4.69, 9.17) is 4.42 Å². The number of rotatable bonds is 4. The fourth-order valence-electron chi connectivity index (χ4n) is 3.63. The fourth-order valence-corrected chi connectivity index (χ4v) is 3.63. The molecule has 1 unspecified atom stereocenters. The molecular weight excluding hydrogens is 335 g/mol. The fraction of sp³-hybridized carbons (Fsp3) is 0.550. The molecule has 0 saturated heterocycles. The largest absolute Gasteiger partial charge is 0.459 e. The highest BCUT2D eigenvalue weighted by Crippen LogP contribution is 2.33. The summed E-state index contributed by atoms with van der Waals surface area (Å²) in [6, 6.07) is 3.98. The van der Waals surface area contributed by atoms with Gasteiger partial charge in [-0.1, -0.05) is 13.8 Å². The Bertz CT molecular complexity index is 779. The Kier molecular flexibility index (Phi) is 5.51. The first kappa shape index (κ1) is 18.7. The van der Waals surface area contributed by atoms with E-state index in [1.54, 1.807) is 6.07 Å². The van der Waals surface area contributed by atoms with Crippen molar-refractivity contribution in [2.24, 2.45) is 5.92 Å². The van der Waals surface area contributed by atoms with E-state index in [-0.39, 0.29) is 36.0 Å². The average Bonchev–Trinajstić information content (AvgIpc) is 2.91. The van der Waals surface area contributed by atoms with Crippen LogP contribution >= 0.6 is 0 Å². The van der Waals surface area contributed by atoms with Crippen molar-refractivity contribution in [3.05, 3.63) is 35.3 Å². The molecule has 1 aromatic heterocycles. The molecule has 3 rings (SSSR count). The van der Waals surface area contributed by atoms with E-state index in [0.29, 0.717) is 24.2 Å². The van der Waals surface area contributed by atoms with E-state index in [9.17, 15) is 14.3 Å². The van der Waals surface area contributed by atoms with Crippen LogP contribution in [0.3, 0.4) is 0 Å². The zero-order valence-electron chi connectivity index (χ0n) is 15.5. The molecule has 142 valence electrons. The van der Waals surface area contributed by atoms with Gasteiger partial charge < -0.3 is 20.2 Å². The van der Waals surface area contributed by atoms with Gasteiger partial charge in [0.15, 0.2) is 0 Å². The molecule has 1 heterocycles. The van der Waals surface area contributed by atoms with Crippen molar-refractivity contribution in [3.63, 3.8) is 0 Å². The second-order valence-electron chi connectivity index (χ2n) is 7.58. The van der Waals surface area contributed by atoms with Crippen molar-refractivity contribution in [2.75, 3.05) is 0 Å². The molecule has 5 nitrogen and oxygen atoms in total. The number of aliphatic hydroxyl groups excluding tert-OH is 1. The molecule has 0 radical (unpaired) electrons. The number of carbonyl (C=O) groups excluding carboxylic acids is 1. The summed E-state index contributed by atoms with van der Waals surface area (Å²) in [4.78, 5) is 12.5. The number of benzene rings is 1. The monoisotopic (exact) mass is 362 g/mol. The third kappa shape index (κ3) is 4.01. The minimum absolute atomic E-state index is 0.0806.